The number of carbonyl (C=O) groups is 1. The molecule has 0 saturated carbocycles. The zero-order valence-corrected chi connectivity index (χ0v) is 13.1. The van der Waals surface area contributed by atoms with Crippen molar-refractivity contribution < 1.29 is 13.2 Å². The molecule has 20 heavy (non-hydrogen) atoms. The highest BCUT2D eigenvalue weighted by Crippen LogP contribution is 2.17. The molecule has 1 aliphatic rings. The van der Waals surface area contributed by atoms with Gasteiger partial charge >= 0.3 is 0 Å². The summed E-state index contributed by atoms with van der Waals surface area (Å²) in [6.07, 6.45) is 1.18. The summed E-state index contributed by atoms with van der Waals surface area (Å²) in [6.45, 7) is 3.34. The minimum Gasteiger partial charge on any atom is -0.349 e. The van der Waals surface area contributed by atoms with Crippen LogP contribution in [0.5, 0.6) is 0 Å². The first-order chi connectivity index (χ1) is 8.88. The Morgan fingerprint density at radius 1 is 1.30 bits per heavy atom. The fraction of sp³-hybridized carbons (Fsp3) is 0.462. The van der Waals surface area contributed by atoms with Crippen molar-refractivity contribution >= 4 is 28.2 Å². The topological polar surface area (TPSA) is 75.3 Å². The number of carbonyl (C=O) groups excluding carboxylic acids is 1. The average molecular weight is 319 g/mol. The SMILES string of the molecule is CC(NC(=O)C1CNC1)c1ccc(S(C)(=O)=O)cc1.Cl. The van der Waals surface area contributed by atoms with E-state index in [1.807, 2.05) is 6.92 Å². The van der Waals surface area contributed by atoms with Crippen LogP contribution in [0, 0.1) is 5.92 Å². The molecule has 1 aliphatic heterocycles. The third-order valence-corrected chi connectivity index (χ3v) is 4.45. The molecular weight excluding hydrogens is 300 g/mol. The second kappa shape index (κ2) is 6.56. The Bertz CT molecular complexity index is 568. The van der Waals surface area contributed by atoms with Crippen molar-refractivity contribution in [1.29, 1.82) is 0 Å². The Labute approximate surface area is 125 Å². The van der Waals surface area contributed by atoms with Crippen LogP contribution in [0.1, 0.15) is 18.5 Å². The highest BCUT2D eigenvalue weighted by atomic mass is 35.5. The lowest BCUT2D eigenvalue weighted by molar-refractivity contribution is -0.127. The van der Waals surface area contributed by atoms with Crippen LogP contribution in [-0.2, 0) is 14.6 Å². The lowest BCUT2D eigenvalue weighted by Gasteiger charge is -2.27. The Morgan fingerprint density at radius 2 is 1.85 bits per heavy atom. The van der Waals surface area contributed by atoms with Gasteiger partial charge in [-0.15, -0.1) is 12.4 Å². The summed E-state index contributed by atoms with van der Waals surface area (Å²) in [6, 6.07) is 6.48. The first-order valence-corrected chi connectivity index (χ1v) is 8.08. The van der Waals surface area contributed by atoms with E-state index in [0.717, 1.165) is 18.7 Å². The molecule has 0 aliphatic carbocycles. The van der Waals surface area contributed by atoms with Gasteiger partial charge in [-0.25, -0.2) is 8.42 Å². The summed E-state index contributed by atoms with van der Waals surface area (Å²) in [5, 5.41) is 5.98. The van der Waals surface area contributed by atoms with Gasteiger partial charge in [0.05, 0.1) is 16.9 Å². The van der Waals surface area contributed by atoms with Crippen molar-refractivity contribution in [3.8, 4) is 0 Å². The number of hydrogen-bond acceptors (Lipinski definition) is 4. The van der Waals surface area contributed by atoms with Gasteiger partial charge in [0.25, 0.3) is 0 Å². The average Bonchev–Trinajstić information content (AvgIpc) is 2.25. The molecule has 1 heterocycles. The predicted octanol–water partition coefficient (Wildman–Crippen LogP) is 0.909. The maximum Gasteiger partial charge on any atom is 0.226 e. The van der Waals surface area contributed by atoms with Crippen LogP contribution in [0.25, 0.3) is 0 Å². The minimum atomic E-state index is -3.17. The Kier molecular flexibility index (Phi) is 5.56. The first kappa shape index (κ1) is 16.9. The van der Waals surface area contributed by atoms with Crippen LogP contribution < -0.4 is 10.6 Å². The minimum absolute atomic E-state index is 0. The molecular formula is C13H19ClN2O3S. The lowest BCUT2D eigenvalue weighted by atomic mass is 10.0. The monoisotopic (exact) mass is 318 g/mol. The Balaban J connectivity index is 0.00000200. The molecule has 2 N–H and O–H groups in total. The summed E-state index contributed by atoms with van der Waals surface area (Å²) >= 11 is 0. The van der Waals surface area contributed by atoms with Gasteiger partial charge in [-0.05, 0) is 24.6 Å². The first-order valence-electron chi connectivity index (χ1n) is 6.19. The van der Waals surface area contributed by atoms with E-state index in [1.54, 1.807) is 24.3 Å². The summed E-state index contributed by atoms with van der Waals surface area (Å²) in [5.41, 5.74) is 0.896. The molecule has 0 spiro atoms. The van der Waals surface area contributed by atoms with Crippen LogP contribution in [0.15, 0.2) is 29.2 Å². The quantitative estimate of drug-likeness (QED) is 0.865. The van der Waals surface area contributed by atoms with Crippen molar-refractivity contribution in [2.75, 3.05) is 19.3 Å². The number of nitrogens with one attached hydrogen (secondary N) is 2. The highest BCUT2D eigenvalue weighted by molar-refractivity contribution is 7.90. The normalized spacial score (nSPS) is 16.7. The van der Waals surface area contributed by atoms with Gasteiger partial charge in [-0.3, -0.25) is 4.79 Å². The van der Waals surface area contributed by atoms with E-state index in [-0.39, 0.29) is 35.2 Å². The zero-order chi connectivity index (χ0) is 14.0. The zero-order valence-electron chi connectivity index (χ0n) is 11.4. The molecule has 1 aromatic rings. The van der Waals surface area contributed by atoms with Crippen molar-refractivity contribution in [3.05, 3.63) is 29.8 Å². The molecule has 1 aromatic carbocycles. The van der Waals surface area contributed by atoms with Crippen LogP contribution in [0.2, 0.25) is 0 Å². The maximum atomic E-state index is 11.8. The maximum absolute atomic E-state index is 11.8. The van der Waals surface area contributed by atoms with Crippen LogP contribution in [-0.4, -0.2) is 33.7 Å². The number of sulfone groups is 1. The largest absolute Gasteiger partial charge is 0.349 e. The predicted molar refractivity (Wildman–Crippen MR) is 79.7 cm³/mol. The molecule has 0 aromatic heterocycles. The molecule has 7 heteroatoms. The van der Waals surface area contributed by atoms with Crippen LogP contribution in [0.4, 0.5) is 0 Å². The van der Waals surface area contributed by atoms with Gasteiger partial charge in [0, 0.05) is 19.3 Å². The van der Waals surface area contributed by atoms with Gasteiger partial charge in [-0.2, -0.15) is 0 Å². The van der Waals surface area contributed by atoms with Crippen LogP contribution >= 0.6 is 12.4 Å². The van der Waals surface area contributed by atoms with E-state index in [1.165, 1.54) is 6.26 Å². The second-order valence-electron chi connectivity index (χ2n) is 4.93. The summed E-state index contributed by atoms with van der Waals surface area (Å²) in [7, 11) is -3.17. The summed E-state index contributed by atoms with van der Waals surface area (Å²) < 4.78 is 22.7. The lowest BCUT2D eigenvalue weighted by Crippen LogP contribution is -2.51. The van der Waals surface area contributed by atoms with E-state index in [4.69, 9.17) is 0 Å². The molecule has 112 valence electrons. The van der Waals surface area contributed by atoms with Crippen molar-refractivity contribution in [2.24, 2.45) is 5.92 Å². The van der Waals surface area contributed by atoms with Gasteiger partial charge in [0.15, 0.2) is 9.84 Å². The highest BCUT2D eigenvalue weighted by Gasteiger charge is 2.25. The van der Waals surface area contributed by atoms with Gasteiger partial charge in [0.2, 0.25) is 5.91 Å². The van der Waals surface area contributed by atoms with Gasteiger partial charge in [-0.1, -0.05) is 12.1 Å². The molecule has 0 radical (unpaired) electrons. The molecule has 1 atom stereocenters. The Morgan fingerprint density at radius 3 is 2.25 bits per heavy atom. The van der Waals surface area contributed by atoms with E-state index in [9.17, 15) is 13.2 Å². The van der Waals surface area contributed by atoms with Gasteiger partial charge < -0.3 is 10.6 Å². The number of rotatable bonds is 4. The molecule has 1 unspecified atom stereocenters. The second-order valence-corrected chi connectivity index (χ2v) is 6.94. The van der Waals surface area contributed by atoms with Gasteiger partial charge in [0.1, 0.15) is 0 Å². The molecule has 2 rings (SSSR count). The smallest absolute Gasteiger partial charge is 0.226 e. The molecule has 1 saturated heterocycles. The number of halogens is 1. The molecule has 1 fully saturated rings. The van der Waals surface area contributed by atoms with E-state index in [0.29, 0.717) is 0 Å². The number of amides is 1. The van der Waals surface area contributed by atoms with Crippen molar-refractivity contribution in [3.63, 3.8) is 0 Å². The molecule has 1 amide bonds. The van der Waals surface area contributed by atoms with E-state index in [2.05, 4.69) is 10.6 Å². The van der Waals surface area contributed by atoms with Crippen LogP contribution in [0.3, 0.4) is 0 Å². The fourth-order valence-electron chi connectivity index (χ4n) is 1.89. The standard InChI is InChI=1S/C13H18N2O3S.ClH/c1-9(15-13(16)11-7-14-8-11)10-3-5-12(6-4-10)19(2,17)18;/h3-6,9,11,14H,7-8H2,1-2H3,(H,15,16);1H. The molecule has 5 nitrogen and oxygen atoms in total. The number of benzene rings is 1. The third kappa shape index (κ3) is 3.94. The number of hydrogen-bond donors (Lipinski definition) is 2. The summed E-state index contributed by atoms with van der Waals surface area (Å²) in [5.74, 6) is 0.0937. The summed E-state index contributed by atoms with van der Waals surface area (Å²) in [4.78, 5) is 12.1. The van der Waals surface area contributed by atoms with E-state index >= 15 is 0 Å². The fourth-order valence-corrected chi connectivity index (χ4v) is 2.52. The van der Waals surface area contributed by atoms with Crippen molar-refractivity contribution in [2.45, 2.75) is 17.9 Å². The molecule has 0 bridgehead atoms. The Hall–Kier alpha value is -1.11. The third-order valence-electron chi connectivity index (χ3n) is 3.32. The van der Waals surface area contributed by atoms with Crippen molar-refractivity contribution in [1.82, 2.24) is 10.6 Å². The van der Waals surface area contributed by atoms with E-state index < -0.39 is 9.84 Å².